The van der Waals surface area contributed by atoms with Crippen LogP contribution in [0.15, 0.2) is 24.3 Å². The van der Waals surface area contributed by atoms with E-state index in [2.05, 4.69) is 9.97 Å². The standard InChI is InChI=1S/C13H12N2O4/c1-16-12-6-9(14-13(15-12)17-2)8-3-4-10-11(5-8)19-7-18-10/h3-6H,7H2,1-2H3. The molecule has 3 rings (SSSR count). The summed E-state index contributed by atoms with van der Waals surface area (Å²) >= 11 is 0. The first-order chi connectivity index (χ1) is 9.30. The Balaban J connectivity index is 2.05. The molecule has 2 aromatic rings. The van der Waals surface area contributed by atoms with Crippen molar-refractivity contribution in [3.63, 3.8) is 0 Å². The molecular formula is C13H12N2O4. The van der Waals surface area contributed by atoms with E-state index < -0.39 is 0 Å². The molecule has 0 amide bonds. The quantitative estimate of drug-likeness (QED) is 0.839. The predicted octanol–water partition coefficient (Wildman–Crippen LogP) is 1.89. The molecule has 2 heterocycles. The second-order valence-corrected chi connectivity index (χ2v) is 3.85. The number of ether oxygens (including phenoxy) is 4. The molecule has 0 radical (unpaired) electrons. The summed E-state index contributed by atoms with van der Waals surface area (Å²) in [4.78, 5) is 8.34. The monoisotopic (exact) mass is 260 g/mol. The highest BCUT2D eigenvalue weighted by atomic mass is 16.7. The summed E-state index contributed by atoms with van der Waals surface area (Å²) < 4.78 is 20.8. The Kier molecular flexibility index (Phi) is 2.83. The lowest BCUT2D eigenvalue weighted by molar-refractivity contribution is 0.174. The van der Waals surface area contributed by atoms with E-state index >= 15 is 0 Å². The SMILES string of the molecule is COc1cc(-c2ccc3c(c2)OCO3)nc(OC)n1. The smallest absolute Gasteiger partial charge is 0.320 e. The van der Waals surface area contributed by atoms with E-state index in [1.54, 1.807) is 13.2 Å². The first-order valence-electron chi connectivity index (χ1n) is 5.67. The minimum absolute atomic E-state index is 0.245. The second kappa shape index (κ2) is 4.64. The topological polar surface area (TPSA) is 62.7 Å². The second-order valence-electron chi connectivity index (χ2n) is 3.85. The third-order valence-electron chi connectivity index (χ3n) is 2.74. The third-order valence-corrected chi connectivity index (χ3v) is 2.74. The van der Waals surface area contributed by atoms with Crippen LogP contribution in [0.1, 0.15) is 0 Å². The maximum absolute atomic E-state index is 5.35. The summed E-state index contributed by atoms with van der Waals surface area (Å²) in [5.74, 6) is 1.88. The number of benzene rings is 1. The lowest BCUT2D eigenvalue weighted by Gasteiger charge is -2.07. The molecule has 0 fully saturated rings. The molecule has 0 N–H and O–H groups in total. The highest BCUT2D eigenvalue weighted by Crippen LogP contribution is 2.36. The molecule has 0 saturated carbocycles. The van der Waals surface area contributed by atoms with Gasteiger partial charge in [0.2, 0.25) is 12.7 Å². The highest BCUT2D eigenvalue weighted by Gasteiger charge is 2.15. The Morgan fingerprint density at radius 1 is 1.00 bits per heavy atom. The number of aromatic nitrogens is 2. The highest BCUT2D eigenvalue weighted by molar-refractivity contribution is 5.65. The van der Waals surface area contributed by atoms with E-state index in [-0.39, 0.29) is 12.8 Å². The fourth-order valence-electron chi connectivity index (χ4n) is 1.80. The van der Waals surface area contributed by atoms with Crippen molar-refractivity contribution in [2.24, 2.45) is 0 Å². The Morgan fingerprint density at radius 2 is 1.84 bits per heavy atom. The van der Waals surface area contributed by atoms with Crippen LogP contribution in [0.5, 0.6) is 23.4 Å². The Bertz CT molecular complexity index is 593. The van der Waals surface area contributed by atoms with Gasteiger partial charge in [0.05, 0.1) is 19.9 Å². The van der Waals surface area contributed by atoms with Gasteiger partial charge < -0.3 is 18.9 Å². The van der Waals surface area contributed by atoms with Crippen LogP contribution < -0.4 is 18.9 Å². The molecule has 1 aromatic carbocycles. The number of nitrogens with zero attached hydrogens (tertiary/aromatic N) is 2. The molecule has 0 spiro atoms. The Labute approximate surface area is 109 Å². The van der Waals surface area contributed by atoms with Crippen LogP contribution in [0.3, 0.4) is 0 Å². The summed E-state index contributed by atoms with van der Waals surface area (Å²) in [6.45, 7) is 0.245. The van der Waals surface area contributed by atoms with E-state index in [0.29, 0.717) is 17.3 Å². The molecule has 1 aromatic heterocycles. The van der Waals surface area contributed by atoms with Crippen molar-refractivity contribution in [3.8, 4) is 34.6 Å². The van der Waals surface area contributed by atoms with Crippen LogP contribution in [-0.4, -0.2) is 31.0 Å². The van der Waals surface area contributed by atoms with Crippen molar-refractivity contribution in [3.05, 3.63) is 24.3 Å². The molecule has 1 aliphatic heterocycles. The minimum Gasteiger partial charge on any atom is -0.481 e. The predicted molar refractivity (Wildman–Crippen MR) is 66.7 cm³/mol. The van der Waals surface area contributed by atoms with E-state index in [1.807, 2.05) is 18.2 Å². The zero-order valence-corrected chi connectivity index (χ0v) is 10.5. The molecule has 0 unspecified atom stereocenters. The van der Waals surface area contributed by atoms with Crippen LogP contribution in [0.2, 0.25) is 0 Å². The minimum atomic E-state index is 0.245. The van der Waals surface area contributed by atoms with Gasteiger partial charge in [0.25, 0.3) is 0 Å². The van der Waals surface area contributed by atoms with Gasteiger partial charge in [-0.2, -0.15) is 9.97 Å². The molecule has 0 atom stereocenters. The molecule has 19 heavy (non-hydrogen) atoms. The van der Waals surface area contributed by atoms with Gasteiger partial charge in [0.15, 0.2) is 11.5 Å². The number of hydrogen-bond acceptors (Lipinski definition) is 6. The Hall–Kier alpha value is -2.50. The maximum atomic E-state index is 5.35. The molecule has 0 bridgehead atoms. The summed E-state index contributed by atoms with van der Waals surface area (Å²) in [5.41, 5.74) is 1.57. The Morgan fingerprint density at radius 3 is 2.63 bits per heavy atom. The van der Waals surface area contributed by atoms with Crippen LogP contribution in [0, 0.1) is 0 Å². The number of fused-ring (bicyclic) bond motifs is 1. The van der Waals surface area contributed by atoms with Crippen molar-refractivity contribution < 1.29 is 18.9 Å². The van der Waals surface area contributed by atoms with Crippen LogP contribution >= 0.6 is 0 Å². The van der Waals surface area contributed by atoms with E-state index in [9.17, 15) is 0 Å². The van der Waals surface area contributed by atoms with Crippen molar-refractivity contribution in [1.29, 1.82) is 0 Å². The first-order valence-corrected chi connectivity index (χ1v) is 5.67. The van der Waals surface area contributed by atoms with E-state index in [0.717, 1.165) is 11.3 Å². The molecule has 98 valence electrons. The largest absolute Gasteiger partial charge is 0.481 e. The fraction of sp³-hybridized carbons (Fsp3) is 0.231. The molecule has 0 aliphatic carbocycles. The van der Waals surface area contributed by atoms with Crippen LogP contribution in [-0.2, 0) is 0 Å². The summed E-state index contributed by atoms with van der Waals surface area (Å²) in [5, 5.41) is 0. The maximum Gasteiger partial charge on any atom is 0.320 e. The van der Waals surface area contributed by atoms with Gasteiger partial charge in [0.1, 0.15) is 0 Å². The van der Waals surface area contributed by atoms with Gasteiger partial charge in [-0.3, -0.25) is 0 Å². The van der Waals surface area contributed by atoms with Gasteiger partial charge in [-0.25, -0.2) is 0 Å². The lowest BCUT2D eigenvalue weighted by atomic mass is 10.1. The number of rotatable bonds is 3. The van der Waals surface area contributed by atoms with Crippen LogP contribution in [0.4, 0.5) is 0 Å². The van der Waals surface area contributed by atoms with Crippen LogP contribution in [0.25, 0.3) is 11.3 Å². The first kappa shape index (κ1) is 11.6. The van der Waals surface area contributed by atoms with Gasteiger partial charge in [0, 0.05) is 11.6 Å². The molecule has 0 saturated heterocycles. The molecular weight excluding hydrogens is 248 g/mol. The zero-order valence-electron chi connectivity index (χ0n) is 10.5. The average Bonchev–Trinajstić information content (AvgIpc) is 2.94. The molecule has 6 nitrogen and oxygen atoms in total. The van der Waals surface area contributed by atoms with Crippen molar-refractivity contribution >= 4 is 0 Å². The summed E-state index contributed by atoms with van der Waals surface area (Å²) in [6, 6.07) is 7.60. The summed E-state index contributed by atoms with van der Waals surface area (Å²) in [6.07, 6.45) is 0. The lowest BCUT2D eigenvalue weighted by Crippen LogP contribution is -1.97. The van der Waals surface area contributed by atoms with Gasteiger partial charge in [-0.1, -0.05) is 0 Å². The summed E-state index contributed by atoms with van der Waals surface area (Å²) in [7, 11) is 3.06. The zero-order chi connectivity index (χ0) is 13.2. The van der Waals surface area contributed by atoms with Crippen molar-refractivity contribution in [2.45, 2.75) is 0 Å². The van der Waals surface area contributed by atoms with Gasteiger partial charge in [-0.05, 0) is 18.2 Å². The van der Waals surface area contributed by atoms with E-state index in [1.165, 1.54) is 7.11 Å². The third kappa shape index (κ3) is 2.12. The number of methoxy groups -OCH3 is 2. The fourth-order valence-corrected chi connectivity index (χ4v) is 1.80. The average molecular weight is 260 g/mol. The van der Waals surface area contributed by atoms with Crippen molar-refractivity contribution in [1.82, 2.24) is 9.97 Å². The van der Waals surface area contributed by atoms with E-state index in [4.69, 9.17) is 18.9 Å². The molecule has 6 heteroatoms. The number of hydrogen-bond donors (Lipinski definition) is 0. The van der Waals surface area contributed by atoms with Crippen molar-refractivity contribution in [2.75, 3.05) is 21.0 Å². The van der Waals surface area contributed by atoms with Gasteiger partial charge >= 0.3 is 6.01 Å². The van der Waals surface area contributed by atoms with Gasteiger partial charge in [-0.15, -0.1) is 0 Å². The normalized spacial score (nSPS) is 12.3. The molecule has 1 aliphatic rings.